The molecule has 0 aliphatic carbocycles. The molecule has 21 heavy (non-hydrogen) atoms. The van der Waals surface area contributed by atoms with Gasteiger partial charge in [-0.1, -0.05) is 26.0 Å². The van der Waals surface area contributed by atoms with Gasteiger partial charge in [-0.3, -0.25) is 11.3 Å². The van der Waals surface area contributed by atoms with Gasteiger partial charge in [-0.2, -0.15) is 0 Å². The highest BCUT2D eigenvalue weighted by molar-refractivity contribution is 5.32. The number of rotatable bonds is 4. The lowest BCUT2D eigenvalue weighted by Crippen LogP contribution is -2.41. The monoisotopic (exact) mass is 294 g/mol. The van der Waals surface area contributed by atoms with Gasteiger partial charge in [0.1, 0.15) is 17.5 Å². The van der Waals surface area contributed by atoms with E-state index >= 15 is 0 Å². The summed E-state index contributed by atoms with van der Waals surface area (Å²) in [6.07, 6.45) is 0. The Morgan fingerprint density at radius 2 is 1.43 bits per heavy atom. The molecule has 2 nitrogen and oxygen atoms in total. The van der Waals surface area contributed by atoms with Gasteiger partial charge in [0.15, 0.2) is 0 Å². The zero-order valence-electron chi connectivity index (χ0n) is 11.8. The van der Waals surface area contributed by atoms with Gasteiger partial charge in [-0.25, -0.2) is 13.2 Å². The van der Waals surface area contributed by atoms with Crippen LogP contribution in [0.5, 0.6) is 0 Å². The highest BCUT2D eigenvalue weighted by Crippen LogP contribution is 2.36. The smallest absolute Gasteiger partial charge is 0.126 e. The molecule has 2 rings (SSSR count). The van der Waals surface area contributed by atoms with Gasteiger partial charge in [0.2, 0.25) is 0 Å². The zero-order valence-corrected chi connectivity index (χ0v) is 11.8. The Bertz CT molecular complexity index is 604. The van der Waals surface area contributed by atoms with Crippen molar-refractivity contribution < 1.29 is 13.2 Å². The van der Waals surface area contributed by atoms with Gasteiger partial charge in [-0.05, 0) is 35.4 Å². The Labute approximate surface area is 121 Å². The molecule has 1 unspecified atom stereocenters. The van der Waals surface area contributed by atoms with E-state index in [4.69, 9.17) is 5.84 Å². The summed E-state index contributed by atoms with van der Waals surface area (Å²) in [4.78, 5) is 0. The Hall–Kier alpha value is -1.85. The van der Waals surface area contributed by atoms with Gasteiger partial charge in [0.25, 0.3) is 0 Å². The van der Waals surface area contributed by atoms with Crippen molar-refractivity contribution in [2.24, 2.45) is 5.84 Å². The van der Waals surface area contributed by atoms with Gasteiger partial charge in [0, 0.05) is 11.5 Å². The van der Waals surface area contributed by atoms with Crippen LogP contribution in [-0.2, 0) is 5.41 Å². The summed E-state index contributed by atoms with van der Waals surface area (Å²) in [6.45, 7) is 3.74. The van der Waals surface area contributed by atoms with Crippen molar-refractivity contribution in [2.75, 3.05) is 0 Å². The molecular formula is C16H17F3N2. The van der Waals surface area contributed by atoms with E-state index in [0.717, 1.165) is 11.6 Å². The molecule has 2 aromatic carbocycles. The summed E-state index contributed by atoms with van der Waals surface area (Å²) in [5.74, 6) is 3.91. The van der Waals surface area contributed by atoms with Crippen molar-refractivity contribution in [3.8, 4) is 0 Å². The van der Waals surface area contributed by atoms with Crippen molar-refractivity contribution in [3.63, 3.8) is 0 Å². The van der Waals surface area contributed by atoms with Crippen LogP contribution in [0.15, 0.2) is 42.5 Å². The van der Waals surface area contributed by atoms with E-state index in [1.165, 1.54) is 24.3 Å². The summed E-state index contributed by atoms with van der Waals surface area (Å²) in [5, 5.41) is 0. The van der Waals surface area contributed by atoms with Crippen LogP contribution in [0.2, 0.25) is 0 Å². The Balaban J connectivity index is 2.45. The van der Waals surface area contributed by atoms with Crippen molar-refractivity contribution in [3.05, 3.63) is 71.0 Å². The maximum absolute atomic E-state index is 13.4. The minimum atomic E-state index is -0.667. The SMILES string of the molecule is CC(C)(c1ccc(F)cc1)C(NN)c1cc(F)cc(F)c1. The van der Waals surface area contributed by atoms with Crippen molar-refractivity contribution >= 4 is 0 Å². The minimum absolute atomic E-state index is 0.344. The third-order valence-corrected chi connectivity index (χ3v) is 3.69. The summed E-state index contributed by atoms with van der Waals surface area (Å²) in [6, 6.07) is 8.70. The quantitative estimate of drug-likeness (QED) is 0.668. The van der Waals surface area contributed by atoms with Crippen LogP contribution in [0, 0.1) is 17.5 Å². The second-order valence-corrected chi connectivity index (χ2v) is 5.53. The molecule has 1 atom stereocenters. The number of hydrogen-bond donors (Lipinski definition) is 2. The van der Waals surface area contributed by atoms with Crippen LogP contribution >= 0.6 is 0 Å². The van der Waals surface area contributed by atoms with E-state index in [0.29, 0.717) is 5.56 Å². The number of hydrogen-bond acceptors (Lipinski definition) is 2. The molecule has 0 aliphatic rings. The highest BCUT2D eigenvalue weighted by Gasteiger charge is 2.32. The predicted octanol–water partition coefficient (Wildman–Crippen LogP) is 3.59. The molecule has 0 saturated heterocycles. The Morgan fingerprint density at radius 3 is 1.90 bits per heavy atom. The van der Waals surface area contributed by atoms with Crippen LogP contribution in [0.25, 0.3) is 0 Å². The molecule has 0 spiro atoms. The number of nitrogens with one attached hydrogen (secondary N) is 1. The molecule has 5 heteroatoms. The van der Waals surface area contributed by atoms with Crippen LogP contribution in [0.1, 0.15) is 31.0 Å². The van der Waals surface area contributed by atoms with E-state index in [1.54, 1.807) is 12.1 Å². The molecule has 0 aromatic heterocycles. The van der Waals surface area contributed by atoms with Crippen molar-refractivity contribution in [1.82, 2.24) is 5.43 Å². The summed E-state index contributed by atoms with van der Waals surface area (Å²) in [5.41, 5.74) is 3.20. The maximum atomic E-state index is 13.4. The Kier molecular flexibility index (Phi) is 4.34. The predicted molar refractivity (Wildman–Crippen MR) is 75.8 cm³/mol. The van der Waals surface area contributed by atoms with E-state index in [-0.39, 0.29) is 5.82 Å². The minimum Gasteiger partial charge on any atom is -0.271 e. The Morgan fingerprint density at radius 1 is 0.905 bits per heavy atom. The summed E-state index contributed by atoms with van der Waals surface area (Å²) >= 11 is 0. The lowest BCUT2D eigenvalue weighted by atomic mass is 9.75. The molecule has 0 saturated carbocycles. The zero-order chi connectivity index (χ0) is 15.6. The first kappa shape index (κ1) is 15.5. The standard InChI is InChI=1S/C16H17F3N2/c1-16(2,11-3-5-12(17)6-4-11)15(21-20)10-7-13(18)9-14(19)8-10/h3-9,15,21H,20H2,1-2H3. The van der Waals surface area contributed by atoms with E-state index in [9.17, 15) is 13.2 Å². The molecule has 3 N–H and O–H groups in total. The first-order chi connectivity index (χ1) is 9.84. The molecule has 112 valence electrons. The molecule has 0 radical (unpaired) electrons. The third kappa shape index (κ3) is 3.25. The van der Waals surface area contributed by atoms with E-state index in [1.807, 2.05) is 13.8 Å². The first-order valence-corrected chi connectivity index (χ1v) is 6.53. The summed E-state index contributed by atoms with van der Waals surface area (Å²) < 4.78 is 39.9. The molecule has 0 fully saturated rings. The highest BCUT2D eigenvalue weighted by atomic mass is 19.1. The fourth-order valence-corrected chi connectivity index (χ4v) is 2.51. The molecule has 0 bridgehead atoms. The van der Waals surface area contributed by atoms with E-state index in [2.05, 4.69) is 5.43 Å². The van der Waals surface area contributed by atoms with Crippen molar-refractivity contribution in [1.29, 1.82) is 0 Å². The molecular weight excluding hydrogens is 277 g/mol. The lowest BCUT2D eigenvalue weighted by molar-refractivity contribution is 0.350. The number of nitrogens with two attached hydrogens (primary N) is 1. The van der Waals surface area contributed by atoms with Gasteiger partial charge in [-0.15, -0.1) is 0 Å². The van der Waals surface area contributed by atoms with Crippen LogP contribution in [0.4, 0.5) is 13.2 Å². The van der Waals surface area contributed by atoms with Crippen LogP contribution in [-0.4, -0.2) is 0 Å². The number of hydrazine groups is 1. The largest absolute Gasteiger partial charge is 0.271 e. The van der Waals surface area contributed by atoms with Gasteiger partial charge < -0.3 is 0 Å². The summed E-state index contributed by atoms with van der Waals surface area (Å²) in [7, 11) is 0. The topological polar surface area (TPSA) is 38.0 Å². The molecule has 2 aromatic rings. The number of halogens is 3. The molecule has 0 heterocycles. The fourth-order valence-electron chi connectivity index (χ4n) is 2.51. The molecule has 0 amide bonds. The number of benzene rings is 2. The van der Waals surface area contributed by atoms with Gasteiger partial charge >= 0.3 is 0 Å². The van der Waals surface area contributed by atoms with Gasteiger partial charge in [0.05, 0.1) is 6.04 Å². The third-order valence-electron chi connectivity index (χ3n) is 3.69. The second-order valence-electron chi connectivity index (χ2n) is 5.53. The van der Waals surface area contributed by atoms with E-state index < -0.39 is 23.1 Å². The lowest BCUT2D eigenvalue weighted by Gasteiger charge is -2.35. The average molecular weight is 294 g/mol. The van der Waals surface area contributed by atoms with Crippen LogP contribution in [0.3, 0.4) is 0 Å². The first-order valence-electron chi connectivity index (χ1n) is 6.53. The average Bonchev–Trinajstić information content (AvgIpc) is 2.38. The second kappa shape index (κ2) is 5.87. The fraction of sp³-hybridized carbons (Fsp3) is 0.250. The van der Waals surface area contributed by atoms with Crippen LogP contribution < -0.4 is 11.3 Å². The maximum Gasteiger partial charge on any atom is 0.126 e. The van der Waals surface area contributed by atoms with Crippen molar-refractivity contribution in [2.45, 2.75) is 25.3 Å². The molecule has 0 aliphatic heterocycles. The normalized spacial score (nSPS) is 13.2.